The number of nitrogens with one attached hydrogen (secondary N) is 1. The number of nitrogens with zero attached hydrogens (tertiary/aromatic N) is 1. The Labute approximate surface area is 127 Å². The molecule has 0 spiro atoms. The van der Waals surface area contributed by atoms with Crippen LogP contribution in [0.4, 0.5) is 5.69 Å². The summed E-state index contributed by atoms with van der Waals surface area (Å²) >= 11 is 6.25. The van der Waals surface area contributed by atoms with Crippen LogP contribution in [0.2, 0.25) is 5.02 Å². The molecule has 0 amide bonds. The van der Waals surface area contributed by atoms with Crippen molar-refractivity contribution >= 4 is 34.4 Å². The molecule has 3 nitrogen and oxygen atoms in total. The van der Waals surface area contributed by atoms with Gasteiger partial charge in [0.25, 0.3) is 0 Å². The molecule has 1 heterocycles. The van der Waals surface area contributed by atoms with E-state index in [-0.39, 0.29) is 5.88 Å². The molecule has 21 heavy (non-hydrogen) atoms. The molecule has 1 aromatic heterocycles. The van der Waals surface area contributed by atoms with Crippen molar-refractivity contribution in [3.63, 3.8) is 0 Å². The van der Waals surface area contributed by atoms with Crippen molar-refractivity contribution in [2.24, 2.45) is 4.99 Å². The molecular weight excluding hydrogens is 284 g/mol. The molecule has 0 atom stereocenters. The van der Waals surface area contributed by atoms with Gasteiger partial charge in [-0.25, -0.2) is 0 Å². The van der Waals surface area contributed by atoms with Gasteiger partial charge < -0.3 is 10.1 Å². The first-order chi connectivity index (χ1) is 10.1. The third-order valence-electron chi connectivity index (χ3n) is 3.45. The Kier molecular flexibility index (Phi) is 3.43. The predicted octanol–water partition coefficient (Wildman–Crippen LogP) is 4.89. The van der Waals surface area contributed by atoms with Gasteiger partial charge in [0, 0.05) is 17.1 Å². The van der Waals surface area contributed by atoms with E-state index < -0.39 is 0 Å². The number of fused-ring (bicyclic) bond motifs is 1. The Balaban J connectivity index is 2.08. The van der Waals surface area contributed by atoms with E-state index in [9.17, 15) is 5.11 Å². The summed E-state index contributed by atoms with van der Waals surface area (Å²) < 4.78 is 0. The number of benzene rings is 2. The Bertz CT molecular complexity index is 826. The van der Waals surface area contributed by atoms with Gasteiger partial charge in [0.05, 0.1) is 16.3 Å². The van der Waals surface area contributed by atoms with Crippen LogP contribution in [0.25, 0.3) is 10.9 Å². The van der Waals surface area contributed by atoms with Gasteiger partial charge in [-0.2, -0.15) is 0 Å². The number of aromatic amines is 1. The molecule has 0 saturated heterocycles. The van der Waals surface area contributed by atoms with Crippen molar-refractivity contribution in [1.82, 2.24) is 4.98 Å². The van der Waals surface area contributed by atoms with Gasteiger partial charge in [0.2, 0.25) is 0 Å². The molecule has 4 heteroatoms. The van der Waals surface area contributed by atoms with E-state index in [1.54, 1.807) is 6.21 Å². The van der Waals surface area contributed by atoms with Crippen molar-refractivity contribution in [1.29, 1.82) is 0 Å². The van der Waals surface area contributed by atoms with E-state index in [1.165, 1.54) is 0 Å². The molecule has 0 saturated carbocycles. The highest BCUT2D eigenvalue weighted by Gasteiger charge is 2.09. The fourth-order valence-electron chi connectivity index (χ4n) is 2.48. The lowest BCUT2D eigenvalue weighted by Gasteiger charge is -2.04. The van der Waals surface area contributed by atoms with Crippen LogP contribution in [0.1, 0.15) is 16.7 Å². The van der Waals surface area contributed by atoms with Crippen LogP contribution in [0.3, 0.4) is 0 Å². The monoisotopic (exact) mass is 298 g/mol. The van der Waals surface area contributed by atoms with Gasteiger partial charge in [-0.15, -0.1) is 0 Å². The summed E-state index contributed by atoms with van der Waals surface area (Å²) in [6.45, 7) is 3.97. The first-order valence-corrected chi connectivity index (χ1v) is 7.04. The van der Waals surface area contributed by atoms with Crippen LogP contribution in [-0.2, 0) is 0 Å². The average Bonchev–Trinajstić information content (AvgIpc) is 2.73. The van der Waals surface area contributed by atoms with Crippen LogP contribution in [0.5, 0.6) is 5.88 Å². The number of aliphatic imine (C=N–C) groups is 1. The fourth-order valence-corrected chi connectivity index (χ4v) is 2.85. The normalized spacial score (nSPS) is 11.6. The van der Waals surface area contributed by atoms with Crippen molar-refractivity contribution < 1.29 is 5.11 Å². The van der Waals surface area contributed by atoms with E-state index in [2.05, 4.69) is 9.98 Å². The highest BCUT2D eigenvalue weighted by molar-refractivity contribution is 6.33. The van der Waals surface area contributed by atoms with Gasteiger partial charge >= 0.3 is 0 Å². The second-order valence-electron chi connectivity index (χ2n) is 5.10. The van der Waals surface area contributed by atoms with Gasteiger partial charge in [-0.3, -0.25) is 4.99 Å². The molecule has 0 aliphatic heterocycles. The standard InChI is InChI=1S/C17H15ClN2O/c1-10-7-11(2)16(14(18)8-10)19-9-13-12-5-3-4-6-15(12)20-17(13)21/h3-9,20-21H,1-2H3. The summed E-state index contributed by atoms with van der Waals surface area (Å²) in [4.78, 5) is 7.40. The zero-order valence-electron chi connectivity index (χ0n) is 11.8. The molecule has 0 aliphatic carbocycles. The number of para-hydroxylation sites is 1. The quantitative estimate of drug-likeness (QED) is 0.650. The number of hydrogen-bond donors (Lipinski definition) is 2. The van der Waals surface area contributed by atoms with Crippen LogP contribution < -0.4 is 0 Å². The molecule has 3 rings (SSSR count). The number of aryl methyl sites for hydroxylation is 2. The molecule has 106 valence electrons. The second-order valence-corrected chi connectivity index (χ2v) is 5.51. The Hall–Kier alpha value is -2.26. The van der Waals surface area contributed by atoms with Crippen LogP contribution >= 0.6 is 11.6 Å². The summed E-state index contributed by atoms with van der Waals surface area (Å²) in [5.41, 5.74) is 4.39. The number of rotatable bonds is 2. The van der Waals surface area contributed by atoms with Crippen molar-refractivity contribution in [3.8, 4) is 5.88 Å². The summed E-state index contributed by atoms with van der Waals surface area (Å²) in [5.74, 6) is 0.112. The van der Waals surface area contributed by atoms with Crippen LogP contribution in [-0.4, -0.2) is 16.3 Å². The third kappa shape index (κ3) is 2.52. The minimum absolute atomic E-state index is 0.112. The Morgan fingerprint density at radius 1 is 1.19 bits per heavy atom. The number of hydrogen-bond acceptors (Lipinski definition) is 2. The van der Waals surface area contributed by atoms with Gasteiger partial charge in [-0.1, -0.05) is 35.9 Å². The van der Waals surface area contributed by atoms with E-state index in [1.807, 2.05) is 50.2 Å². The second kappa shape index (κ2) is 5.26. The number of H-pyrrole nitrogens is 1. The summed E-state index contributed by atoms with van der Waals surface area (Å²) in [5, 5.41) is 11.6. The molecule has 0 fully saturated rings. The Morgan fingerprint density at radius 2 is 1.95 bits per heavy atom. The molecule has 3 aromatic rings. The average molecular weight is 299 g/mol. The van der Waals surface area contributed by atoms with E-state index in [0.717, 1.165) is 27.7 Å². The lowest BCUT2D eigenvalue weighted by molar-refractivity contribution is 0.457. The molecule has 2 N–H and O–H groups in total. The maximum absolute atomic E-state index is 10.0. The SMILES string of the molecule is Cc1cc(C)c(N=Cc2c(O)[nH]c3ccccc23)c(Cl)c1. The van der Waals surface area contributed by atoms with Crippen LogP contribution in [0, 0.1) is 13.8 Å². The molecular formula is C17H15ClN2O. The lowest BCUT2D eigenvalue weighted by Crippen LogP contribution is -1.83. The van der Waals surface area contributed by atoms with Gasteiger partial charge in [0.1, 0.15) is 0 Å². The third-order valence-corrected chi connectivity index (χ3v) is 3.73. The first kappa shape index (κ1) is 13.7. The zero-order chi connectivity index (χ0) is 15.0. The maximum Gasteiger partial charge on any atom is 0.198 e. The molecule has 2 aromatic carbocycles. The maximum atomic E-state index is 10.0. The molecule has 0 aliphatic rings. The summed E-state index contributed by atoms with van der Waals surface area (Å²) in [6.07, 6.45) is 1.65. The number of aromatic nitrogens is 1. The van der Waals surface area contributed by atoms with Gasteiger partial charge in [0.15, 0.2) is 5.88 Å². The van der Waals surface area contributed by atoms with E-state index >= 15 is 0 Å². The van der Waals surface area contributed by atoms with Crippen molar-refractivity contribution in [3.05, 3.63) is 58.1 Å². The Morgan fingerprint density at radius 3 is 2.71 bits per heavy atom. The lowest BCUT2D eigenvalue weighted by atomic mass is 10.1. The fraction of sp³-hybridized carbons (Fsp3) is 0.118. The number of halogens is 1. The largest absolute Gasteiger partial charge is 0.494 e. The first-order valence-electron chi connectivity index (χ1n) is 6.67. The zero-order valence-corrected chi connectivity index (χ0v) is 12.6. The molecule has 0 unspecified atom stereocenters. The smallest absolute Gasteiger partial charge is 0.198 e. The van der Waals surface area contributed by atoms with Crippen LogP contribution in [0.15, 0.2) is 41.4 Å². The topological polar surface area (TPSA) is 48.4 Å². The summed E-state index contributed by atoms with van der Waals surface area (Å²) in [6, 6.07) is 11.6. The van der Waals surface area contributed by atoms with Crippen molar-refractivity contribution in [2.75, 3.05) is 0 Å². The highest BCUT2D eigenvalue weighted by Crippen LogP contribution is 2.31. The highest BCUT2D eigenvalue weighted by atomic mass is 35.5. The molecule has 0 radical (unpaired) electrons. The summed E-state index contributed by atoms with van der Waals surface area (Å²) in [7, 11) is 0. The van der Waals surface area contributed by atoms with E-state index in [0.29, 0.717) is 10.6 Å². The number of aromatic hydroxyl groups is 1. The minimum atomic E-state index is 0.112. The van der Waals surface area contributed by atoms with E-state index in [4.69, 9.17) is 11.6 Å². The van der Waals surface area contributed by atoms with Gasteiger partial charge in [-0.05, 0) is 37.1 Å². The molecule has 0 bridgehead atoms. The van der Waals surface area contributed by atoms with Crippen molar-refractivity contribution in [2.45, 2.75) is 13.8 Å². The predicted molar refractivity (Wildman–Crippen MR) is 88.1 cm³/mol. The minimum Gasteiger partial charge on any atom is -0.494 e.